The van der Waals surface area contributed by atoms with Crippen LogP contribution in [0.4, 0.5) is 0 Å². The maximum Gasteiger partial charge on any atom is 0.0159 e. The van der Waals surface area contributed by atoms with E-state index in [4.69, 9.17) is 0 Å². The van der Waals surface area contributed by atoms with Gasteiger partial charge in [-0.3, -0.25) is 0 Å². The summed E-state index contributed by atoms with van der Waals surface area (Å²) >= 11 is 0. The molecule has 0 saturated carbocycles. The van der Waals surface area contributed by atoms with Crippen molar-refractivity contribution >= 4 is 0 Å². The molecule has 0 radical (unpaired) electrons. The summed E-state index contributed by atoms with van der Waals surface area (Å²) < 4.78 is 0. The molecule has 0 amide bonds. The molecule has 0 unspecified atom stereocenters. The Kier molecular flexibility index (Phi) is 6.20. The predicted molar refractivity (Wildman–Crippen MR) is 112 cm³/mol. The van der Waals surface area contributed by atoms with Gasteiger partial charge >= 0.3 is 0 Å². The SMILES string of the molecule is CC.CC.CC1(C)c2ccccc2-c2ccc(-c3ccccc3)cc21. The van der Waals surface area contributed by atoms with Crippen LogP contribution < -0.4 is 0 Å². The van der Waals surface area contributed by atoms with Gasteiger partial charge in [-0.2, -0.15) is 0 Å². The minimum absolute atomic E-state index is 0.0801. The standard InChI is InChI=1S/C21H18.2C2H6/c1-21(2)19-11-7-6-10-17(19)18-13-12-16(14-20(18)21)15-8-4-3-5-9-15;2*1-2/h3-14H,1-2H3;2*1-2H3. The van der Waals surface area contributed by atoms with Gasteiger partial charge in [0.05, 0.1) is 0 Å². The third-order valence-electron chi connectivity index (χ3n) is 4.69. The van der Waals surface area contributed by atoms with Gasteiger partial charge < -0.3 is 0 Å². The zero-order valence-electron chi connectivity index (χ0n) is 16.4. The molecule has 0 heteroatoms. The smallest absolute Gasteiger partial charge is 0.0159 e. The molecule has 130 valence electrons. The van der Waals surface area contributed by atoms with Crippen molar-refractivity contribution in [3.63, 3.8) is 0 Å². The van der Waals surface area contributed by atoms with Gasteiger partial charge in [-0.25, -0.2) is 0 Å². The Bertz CT molecular complexity index is 810. The van der Waals surface area contributed by atoms with Crippen molar-refractivity contribution in [3.05, 3.63) is 83.9 Å². The molecule has 1 aliphatic rings. The van der Waals surface area contributed by atoms with Crippen LogP contribution in [0.2, 0.25) is 0 Å². The van der Waals surface area contributed by atoms with E-state index in [1.165, 1.54) is 33.4 Å². The number of hydrogen-bond acceptors (Lipinski definition) is 0. The first-order chi connectivity index (χ1) is 12.2. The molecular formula is C25H30. The Morgan fingerprint density at radius 3 is 1.76 bits per heavy atom. The highest BCUT2D eigenvalue weighted by Crippen LogP contribution is 2.49. The third-order valence-corrected chi connectivity index (χ3v) is 4.69. The average Bonchev–Trinajstić information content (AvgIpc) is 2.93. The molecule has 4 rings (SSSR count). The van der Waals surface area contributed by atoms with Crippen molar-refractivity contribution < 1.29 is 0 Å². The topological polar surface area (TPSA) is 0 Å². The highest BCUT2D eigenvalue weighted by molar-refractivity contribution is 5.83. The van der Waals surface area contributed by atoms with Crippen LogP contribution >= 0.6 is 0 Å². The molecule has 0 N–H and O–H groups in total. The fourth-order valence-corrected chi connectivity index (χ4v) is 3.51. The summed E-state index contributed by atoms with van der Waals surface area (Å²) in [6.45, 7) is 12.7. The second-order valence-corrected chi connectivity index (χ2v) is 6.30. The molecule has 0 heterocycles. The van der Waals surface area contributed by atoms with Gasteiger partial charge in [0, 0.05) is 5.41 Å². The summed E-state index contributed by atoms with van der Waals surface area (Å²) in [6, 6.07) is 26.3. The van der Waals surface area contributed by atoms with Crippen LogP contribution in [-0.2, 0) is 5.41 Å². The van der Waals surface area contributed by atoms with E-state index in [9.17, 15) is 0 Å². The molecule has 0 aromatic heterocycles. The molecule has 0 fully saturated rings. The molecule has 3 aromatic carbocycles. The Morgan fingerprint density at radius 1 is 0.520 bits per heavy atom. The van der Waals surface area contributed by atoms with Crippen molar-refractivity contribution in [2.24, 2.45) is 0 Å². The van der Waals surface area contributed by atoms with E-state index in [1.807, 2.05) is 27.7 Å². The van der Waals surface area contributed by atoms with E-state index in [2.05, 4.69) is 86.6 Å². The first-order valence-corrected chi connectivity index (χ1v) is 9.48. The van der Waals surface area contributed by atoms with Crippen molar-refractivity contribution in [3.8, 4) is 22.3 Å². The maximum absolute atomic E-state index is 2.37. The van der Waals surface area contributed by atoms with Gasteiger partial charge in [0.15, 0.2) is 0 Å². The third kappa shape index (κ3) is 3.39. The van der Waals surface area contributed by atoms with Gasteiger partial charge in [-0.05, 0) is 39.4 Å². The first-order valence-electron chi connectivity index (χ1n) is 9.48. The quantitative estimate of drug-likeness (QED) is 0.428. The molecule has 3 aromatic rings. The van der Waals surface area contributed by atoms with E-state index >= 15 is 0 Å². The number of benzene rings is 3. The maximum atomic E-state index is 2.37. The van der Waals surface area contributed by atoms with Crippen LogP contribution in [0.25, 0.3) is 22.3 Å². The van der Waals surface area contributed by atoms with Crippen LogP contribution in [-0.4, -0.2) is 0 Å². The molecule has 1 aliphatic carbocycles. The summed E-state index contributed by atoms with van der Waals surface area (Å²) in [6.07, 6.45) is 0. The van der Waals surface area contributed by atoms with Crippen LogP contribution in [0, 0.1) is 0 Å². The molecule has 0 aliphatic heterocycles. The van der Waals surface area contributed by atoms with Crippen LogP contribution in [0.3, 0.4) is 0 Å². The van der Waals surface area contributed by atoms with Gasteiger partial charge in [-0.15, -0.1) is 0 Å². The van der Waals surface area contributed by atoms with Crippen molar-refractivity contribution in [1.29, 1.82) is 0 Å². The van der Waals surface area contributed by atoms with E-state index in [1.54, 1.807) is 0 Å². The monoisotopic (exact) mass is 330 g/mol. The second-order valence-electron chi connectivity index (χ2n) is 6.30. The minimum atomic E-state index is 0.0801. The zero-order valence-corrected chi connectivity index (χ0v) is 16.4. The molecule has 0 atom stereocenters. The Balaban J connectivity index is 0.000000528. The van der Waals surface area contributed by atoms with E-state index in [-0.39, 0.29) is 5.41 Å². The van der Waals surface area contributed by atoms with Gasteiger partial charge in [0.25, 0.3) is 0 Å². The summed E-state index contributed by atoms with van der Waals surface area (Å²) in [5, 5.41) is 0. The molecule has 0 spiro atoms. The molecular weight excluding hydrogens is 300 g/mol. The van der Waals surface area contributed by atoms with Crippen molar-refractivity contribution in [2.75, 3.05) is 0 Å². The largest absolute Gasteiger partial charge is 0.0683 e. The molecule has 0 nitrogen and oxygen atoms in total. The average molecular weight is 331 g/mol. The zero-order chi connectivity index (χ0) is 18.4. The fraction of sp³-hybridized carbons (Fsp3) is 0.280. The minimum Gasteiger partial charge on any atom is -0.0683 e. The van der Waals surface area contributed by atoms with Crippen molar-refractivity contribution in [2.45, 2.75) is 47.0 Å². The van der Waals surface area contributed by atoms with Crippen LogP contribution in [0.5, 0.6) is 0 Å². The van der Waals surface area contributed by atoms with Crippen LogP contribution in [0.1, 0.15) is 52.7 Å². The van der Waals surface area contributed by atoms with E-state index in [0.717, 1.165) is 0 Å². The highest BCUT2D eigenvalue weighted by Gasteiger charge is 2.35. The molecule has 0 saturated heterocycles. The summed E-state index contributed by atoms with van der Waals surface area (Å²) in [5.41, 5.74) is 8.31. The normalized spacial score (nSPS) is 12.7. The van der Waals surface area contributed by atoms with E-state index < -0.39 is 0 Å². The second kappa shape index (κ2) is 8.16. The molecule has 0 bridgehead atoms. The number of rotatable bonds is 1. The Morgan fingerprint density at radius 2 is 1.08 bits per heavy atom. The lowest BCUT2D eigenvalue weighted by Gasteiger charge is -2.22. The predicted octanol–water partition coefficient (Wildman–Crippen LogP) is 7.71. The number of fused-ring (bicyclic) bond motifs is 3. The lowest BCUT2D eigenvalue weighted by Crippen LogP contribution is -2.14. The first kappa shape index (κ1) is 19.0. The molecule has 25 heavy (non-hydrogen) atoms. The van der Waals surface area contributed by atoms with E-state index in [0.29, 0.717) is 0 Å². The highest BCUT2D eigenvalue weighted by atomic mass is 14.4. The van der Waals surface area contributed by atoms with Gasteiger partial charge in [0.2, 0.25) is 0 Å². The lowest BCUT2D eigenvalue weighted by atomic mass is 9.81. The van der Waals surface area contributed by atoms with Crippen LogP contribution in [0.15, 0.2) is 72.8 Å². The summed E-state index contributed by atoms with van der Waals surface area (Å²) in [7, 11) is 0. The lowest BCUT2D eigenvalue weighted by molar-refractivity contribution is 0.660. The van der Waals surface area contributed by atoms with Gasteiger partial charge in [-0.1, -0.05) is 108 Å². The number of hydrogen-bond donors (Lipinski definition) is 0. The van der Waals surface area contributed by atoms with Gasteiger partial charge in [0.1, 0.15) is 0 Å². The fourth-order valence-electron chi connectivity index (χ4n) is 3.51. The Labute approximate surface area is 153 Å². The summed E-state index contributed by atoms with van der Waals surface area (Å²) in [5.74, 6) is 0. The van der Waals surface area contributed by atoms with Crippen molar-refractivity contribution in [1.82, 2.24) is 0 Å². The Hall–Kier alpha value is -2.34. The summed E-state index contributed by atoms with van der Waals surface area (Å²) in [4.78, 5) is 0.